The number of aromatic nitrogens is 6. The topological polar surface area (TPSA) is 98.1 Å². The molecule has 0 atom stereocenters. The van der Waals surface area contributed by atoms with E-state index in [1.165, 1.54) is 7.11 Å². The van der Waals surface area contributed by atoms with Gasteiger partial charge in [0.05, 0.1) is 12.5 Å². The van der Waals surface area contributed by atoms with Crippen molar-refractivity contribution in [3.05, 3.63) is 42.0 Å². The Hall–Kier alpha value is -3.29. The monoisotopic (exact) mass is 308 g/mol. The Morgan fingerprint density at radius 2 is 2.17 bits per heavy atom. The maximum absolute atomic E-state index is 11.8. The molecular weight excluding hydrogens is 296 g/mol. The molecule has 0 fully saturated rings. The third-order valence-electron chi connectivity index (χ3n) is 3.66. The molecule has 0 amide bonds. The Kier molecular flexibility index (Phi) is 2.83. The molecule has 0 aliphatic heterocycles. The van der Waals surface area contributed by atoms with Gasteiger partial charge in [0.2, 0.25) is 5.82 Å². The van der Waals surface area contributed by atoms with Crippen LogP contribution in [0.2, 0.25) is 0 Å². The number of nitrogens with one attached hydrogen (secondary N) is 1. The predicted octanol–water partition coefficient (Wildman–Crippen LogP) is 1.76. The zero-order chi connectivity index (χ0) is 16.0. The van der Waals surface area contributed by atoms with E-state index < -0.39 is 5.97 Å². The van der Waals surface area contributed by atoms with Crippen LogP contribution >= 0.6 is 0 Å². The summed E-state index contributed by atoms with van der Waals surface area (Å²) in [6.07, 6.45) is 3.24. The summed E-state index contributed by atoms with van der Waals surface area (Å²) in [5.74, 6) is 0.0585. The fraction of sp³-hybridized carbons (Fsp3) is 0.133. The first-order valence-electron chi connectivity index (χ1n) is 6.92. The first kappa shape index (κ1) is 13.4. The molecule has 1 N–H and O–H groups in total. The van der Waals surface area contributed by atoms with E-state index in [0.29, 0.717) is 28.5 Å². The van der Waals surface area contributed by atoms with Crippen molar-refractivity contribution in [2.24, 2.45) is 0 Å². The average molecular weight is 308 g/mol. The summed E-state index contributed by atoms with van der Waals surface area (Å²) in [7, 11) is 1.34. The molecule has 0 saturated heterocycles. The highest BCUT2D eigenvalue weighted by Gasteiger charge is 2.20. The predicted molar refractivity (Wildman–Crippen MR) is 81.9 cm³/mol. The number of H-pyrrole nitrogens is 1. The molecule has 4 rings (SSSR count). The van der Waals surface area contributed by atoms with Crippen LogP contribution < -0.4 is 0 Å². The molecule has 0 bridgehead atoms. The Balaban J connectivity index is 2.00. The van der Waals surface area contributed by atoms with Gasteiger partial charge in [-0.2, -0.15) is 0 Å². The Morgan fingerprint density at radius 3 is 2.91 bits per heavy atom. The Labute approximate surface area is 130 Å². The minimum atomic E-state index is -0.442. The van der Waals surface area contributed by atoms with Crippen LogP contribution in [0.5, 0.6) is 0 Å². The molecule has 0 saturated carbocycles. The molecule has 8 heteroatoms. The lowest BCUT2D eigenvalue weighted by molar-refractivity contribution is 0.0594. The minimum absolute atomic E-state index is 0.366. The quantitative estimate of drug-likeness (QED) is 0.567. The van der Waals surface area contributed by atoms with E-state index in [2.05, 4.69) is 25.0 Å². The number of aryl methyl sites for hydroxylation is 1. The summed E-state index contributed by atoms with van der Waals surface area (Å²) >= 11 is 0. The van der Waals surface area contributed by atoms with Crippen LogP contribution in [0.4, 0.5) is 0 Å². The molecule has 114 valence electrons. The van der Waals surface area contributed by atoms with Crippen LogP contribution in [0.25, 0.3) is 28.2 Å². The number of rotatable bonds is 2. The number of nitrogens with zero attached hydrogens (tertiary/aromatic N) is 5. The summed E-state index contributed by atoms with van der Waals surface area (Å²) in [6, 6.07) is 5.54. The Morgan fingerprint density at radius 1 is 1.30 bits per heavy atom. The van der Waals surface area contributed by atoms with Crippen molar-refractivity contribution in [2.75, 3.05) is 7.11 Å². The first-order valence-corrected chi connectivity index (χ1v) is 6.92. The maximum Gasteiger partial charge on any atom is 0.354 e. The molecule has 4 aromatic heterocycles. The number of methoxy groups -OCH3 is 1. The zero-order valence-electron chi connectivity index (χ0n) is 12.4. The number of carbonyl (C=O) groups is 1. The fourth-order valence-corrected chi connectivity index (χ4v) is 2.54. The summed E-state index contributed by atoms with van der Waals surface area (Å²) < 4.78 is 6.36. The van der Waals surface area contributed by atoms with Crippen LogP contribution in [-0.4, -0.2) is 42.6 Å². The highest BCUT2D eigenvalue weighted by Crippen LogP contribution is 2.25. The van der Waals surface area contributed by atoms with Gasteiger partial charge in [-0.1, -0.05) is 6.07 Å². The minimum Gasteiger partial charge on any atom is -0.464 e. The van der Waals surface area contributed by atoms with Crippen molar-refractivity contribution in [2.45, 2.75) is 6.92 Å². The number of fused-ring (bicyclic) bond motifs is 3. The van der Waals surface area contributed by atoms with Gasteiger partial charge in [-0.25, -0.2) is 19.3 Å². The van der Waals surface area contributed by atoms with Crippen LogP contribution in [0, 0.1) is 6.92 Å². The third kappa shape index (κ3) is 1.95. The second-order valence-corrected chi connectivity index (χ2v) is 5.00. The normalized spacial score (nSPS) is 11.2. The van der Waals surface area contributed by atoms with E-state index in [1.807, 2.05) is 25.1 Å². The lowest BCUT2D eigenvalue weighted by Crippen LogP contribution is -2.03. The molecule has 0 unspecified atom stereocenters. The van der Waals surface area contributed by atoms with Crippen LogP contribution in [0.1, 0.15) is 16.1 Å². The van der Waals surface area contributed by atoms with E-state index in [0.717, 1.165) is 10.9 Å². The van der Waals surface area contributed by atoms with E-state index in [9.17, 15) is 4.79 Å². The van der Waals surface area contributed by atoms with Gasteiger partial charge < -0.3 is 9.72 Å². The third-order valence-corrected chi connectivity index (χ3v) is 3.66. The SMILES string of the molecule is COC(=O)c1[nH]c2ncn3nc(-c4ccccn4)nc3c2c1C. The van der Waals surface area contributed by atoms with Crippen molar-refractivity contribution in [1.82, 2.24) is 29.5 Å². The van der Waals surface area contributed by atoms with Gasteiger partial charge in [-0.05, 0) is 24.6 Å². The standard InChI is InChI=1S/C15H12N6O2/c1-8-10-13(18-11(8)15(22)23-2)17-7-21-14(10)19-12(20-21)9-5-3-4-6-16-9/h3-7,18H,1-2H3. The molecule has 0 radical (unpaired) electrons. The smallest absolute Gasteiger partial charge is 0.354 e. The molecule has 4 heterocycles. The number of aromatic amines is 1. The van der Waals surface area contributed by atoms with Crippen molar-refractivity contribution < 1.29 is 9.53 Å². The van der Waals surface area contributed by atoms with E-state index in [-0.39, 0.29) is 0 Å². The first-order chi connectivity index (χ1) is 11.2. The van der Waals surface area contributed by atoms with E-state index >= 15 is 0 Å². The number of pyridine rings is 1. The summed E-state index contributed by atoms with van der Waals surface area (Å²) in [4.78, 5) is 27.9. The average Bonchev–Trinajstić information content (AvgIpc) is 3.16. The molecular formula is C15H12N6O2. The van der Waals surface area contributed by atoms with Crippen LogP contribution in [0.3, 0.4) is 0 Å². The van der Waals surface area contributed by atoms with Crippen molar-refractivity contribution in [1.29, 1.82) is 0 Å². The number of carbonyl (C=O) groups excluding carboxylic acids is 1. The lowest BCUT2D eigenvalue weighted by Gasteiger charge is -1.96. The highest BCUT2D eigenvalue weighted by atomic mass is 16.5. The van der Waals surface area contributed by atoms with Crippen molar-refractivity contribution in [3.8, 4) is 11.5 Å². The summed E-state index contributed by atoms with van der Waals surface area (Å²) in [6.45, 7) is 1.82. The van der Waals surface area contributed by atoms with Gasteiger partial charge in [0, 0.05) is 6.20 Å². The molecule has 0 spiro atoms. The van der Waals surface area contributed by atoms with Gasteiger partial charge >= 0.3 is 5.97 Å². The molecule has 0 aromatic carbocycles. The van der Waals surface area contributed by atoms with Gasteiger partial charge in [-0.15, -0.1) is 5.10 Å². The lowest BCUT2D eigenvalue weighted by atomic mass is 10.2. The van der Waals surface area contributed by atoms with Gasteiger partial charge in [0.25, 0.3) is 0 Å². The molecule has 0 aliphatic rings. The summed E-state index contributed by atoms with van der Waals surface area (Å²) in [5, 5.41) is 5.14. The van der Waals surface area contributed by atoms with Crippen LogP contribution in [0.15, 0.2) is 30.7 Å². The maximum atomic E-state index is 11.8. The van der Waals surface area contributed by atoms with Crippen molar-refractivity contribution in [3.63, 3.8) is 0 Å². The summed E-state index contributed by atoms with van der Waals surface area (Å²) in [5.41, 5.74) is 2.94. The van der Waals surface area contributed by atoms with Gasteiger partial charge in [0.15, 0.2) is 5.65 Å². The second-order valence-electron chi connectivity index (χ2n) is 5.00. The number of hydrogen-bond donors (Lipinski definition) is 1. The number of hydrogen-bond acceptors (Lipinski definition) is 6. The zero-order valence-corrected chi connectivity index (χ0v) is 12.4. The largest absolute Gasteiger partial charge is 0.464 e. The molecule has 4 aromatic rings. The van der Waals surface area contributed by atoms with E-state index in [1.54, 1.807) is 17.0 Å². The Bertz CT molecular complexity index is 1030. The fourth-order valence-electron chi connectivity index (χ4n) is 2.54. The molecule has 8 nitrogen and oxygen atoms in total. The van der Waals surface area contributed by atoms with Crippen molar-refractivity contribution >= 4 is 22.6 Å². The second kappa shape index (κ2) is 4.87. The number of ether oxygens (including phenoxy) is 1. The highest BCUT2D eigenvalue weighted by molar-refractivity contribution is 6.02. The number of esters is 1. The van der Waals surface area contributed by atoms with Gasteiger partial charge in [-0.3, -0.25) is 4.98 Å². The molecule has 23 heavy (non-hydrogen) atoms. The van der Waals surface area contributed by atoms with Gasteiger partial charge in [0.1, 0.15) is 23.4 Å². The van der Waals surface area contributed by atoms with E-state index in [4.69, 9.17) is 4.74 Å². The van der Waals surface area contributed by atoms with Crippen LogP contribution in [-0.2, 0) is 4.74 Å². The molecule has 0 aliphatic carbocycles.